The van der Waals surface area contributed by atoms with Crippen LogP contribution >= 0.6 is 11.6 Å². The summed E-state index contributed by atoms with van der Waals surface area (Å²) in [5.74, 6) is -0.224. The summed E-state index contributed by atoms with van der Waals surface area (Å²) in [7, 11) is 0. The number of carbonyl (C=O) groups excluding carboxylic acids is 1. The number of ether oxygens (including phenoxy) is 1. The van der Waals surface area contributed by atoms with Crippen molar-refractivity contribution in [1.82, 2.24) is 0 Å². The third-order valence-electron chi connectivity index (χ3n) is 2.64. The monoisotopic (exact) mass is 254 g/mol. The summed E-state index contributed by atoms with van der Waals surface area (Å²) in [4.78, 5) is 11.3. The molecular formula is C14H19ClO2. The van der Waals surface area contributed by atoms with Crippen LogP contribution in [0.15, 0.2) is 18.2 Å². The highest BCUT2D eigenvalue weighted by molar-refractivity contribution is 6.21. The average Bonchev–Trinajstić information content (AvgIpc) is 2.23. The maximum atomic E-state index is 11.3. The number of aryl methyl sites for hydroxylation is 2. The number of hydrogen-bond acceptors (Lipinski definition) is 2. The van der Waals surface area contributed by atoms with Crippen LogP contribution in [0.25, 0.3) is 0 Å². The largest absolute Gasteiger partial charge is 0.466 e. The molecule has 1 aromatic rings. The predicted molar refractivity (Wildman–Crippen MR) is 70.5 cm³/mol. The highest BCUT2D eigenvalue weighted by Gasteiger charge is 2.13. The van der Waals surface area contributed by atoms with Gasteiger partial charge in [-0.1, -0.05) is 23.8 Å². The van der Waals surface area contributed by atoms with E-state index in [-0.39, 0.29) is 17.8 Å². The van der Waals surface area contributed by atoms with Crippen molar-refractivity contribution in [3.05, 3.63) is 34.9 Å². The average molecular weight is 255 g/mol. The molecule has 0 radical (unpaired) electrons. The molecule has 0 fully saturated rings. The minimum Gasteiger partial charge on any atom is -0.466 e. The van der Waals surface area contributed by atoms with Gasteiger partial charge in [-0.05, 0) is 38.3 Å². The van der Waals surface area contributed by atoms with Gasteiger partial charge in [0.15, 0.2) is 0 Å². The van der Waals surface area contributed by atoms with E-state index in [9.17, 15) is 4.79 Å². The molecule has 0 saturated carbocycles. The Morgan fingerprint density at radius 3 is 2.76 bits per heavy atom. The molecule has 0 bridgehead atoms. The lowest BCUT2D eigenvalue weighted by Crippen LogP contribution is -2.14. The molecule has 17 heavy (non-hydrogen) atoms. The Morgan fingerprint density at radius 2 is 2.12 bits per heavy atom. The molecule has 0 heterocycles. The fourth-order valence-electron chi connectivity index (χ4n) is 1.73. The lowest BCUT2D eigenvalue weighted by Gasteiger charge is -2.11. The molecule has 1 unspecified atom stereocenters. The molecule has 1 rings (SSSR count). The van der Waals surface area contributed by atoms with Gasteiger partial charge in [0.25, 0.3) is 0 Å². The van der Waals surface area contributed by atoms with Gasteiger partial charge in [0, 0.05) is 5.38 Å². The third-order valence-corrected chi connectivity index (χ3v) is 2.95. The SMILES string of the molecule is CCOC(=O)CC(Cl)Cc1cc(C)ccc1C. The van der Waals surface area contributed by atoms with Gasteiger partial charge in [-0.3, -0.25) is 4.79 Å². The molecule has 0 aliphatic carbocycles. The Labute approximate surface area is 108 Å². The Balaban J connectivity index is 2.58. The first-order valence-electron chi connectivity index (χ1n) is 5.88. The van der Waals surface area contributed by atoms with Crippen molar-refractivity contribution in [3.63, 3.8) is 0 Å². The first-order valence-corrected chi connectivity index (χ1v) is 6.32. The van der Waals surface area contributed by atoms with Crippen LogP contribution in [0.4, 0.5) is 0 Å². The van der Waals surface area contributed by atoms with Crippen molar-refractivity contribution in [1.29, 1.82) is 0 Å². The molecule has 3 heteroatoms. The maximum Gasteiger partial charge on any atom is 0.307 e. The van der Waals surface area contributed by atoms with E-state index >= 15 is 0 Å². The van der Waals surface area contributed by atoms with Crippen LogP contribution in [-0.2, 0) is 16.0 Å². The summed E-state index contributed by atoms with van der Waals surface area (Å²) in [5, 5.41) is -0.199. The van der Waals surface area contributed by atoms with Gasteiger partial charge in [-0.2, -0.15) is 0 Å². The molecular weight excluding hydrogens is 236 g/mol. The number of hydrogen-bond donors (Lipinski definition) is 0. The minimum absolute atomic E-state index is 0.199. The Bertz CT molecular complexity index is 388. The topological polar surface area (TPSA) is 26.3 Å². The Hall–Kier alpha value is -1.02. The Kier molecular flexibility index (Phi) is 5.49. The number of halogens is 1. The number of carbonyl (C=O) groups is 1. The smallest absolute Gasteiger partial charge is 0.307 e. The van der Waals surface area contributed by atoms with Gasteiger partial charge in [0.05, 0.1) is 13.0 Å². The number of esters is 1. The molecule has 0 N–H and O–H groups in total. The van der Waals surface area contributed by atoms with Gasteiger partial charge in [-0.25, -0.2) is 0 Å². The van der Waals surface area contributed by atoms with Gasteiger partial charge >= 0.3 is 5.97 Å². The lowest BCUT2D eigenvalue weighted by atomic mass is 10.0. The van der Waals surface area contributed by atoms with Crippen LogP contribution < -0.4 is 0 Å². The molecule has 0 aliphatic heterocycles. The van der Waals surface area contributed by atoms with Crippen molar-refractivity contribution in [2.45, 2.75) is 39.0 Å². The second-order valence-corrected chi connectivity index (χ2v) is 4.86. The summed E-state index contributed by atoms with van der Waals surface area (Å²) in [6.07, 6.45) is 0.969. The maximum absolute atomic E-state index is 11.3. The van der Waals surface area contributed by atoms with E-state index in [1.165, 1.54) is 16.7 Å². The molecule has 0 amide bonds. The highest BCUT2D eigenvalue weighted by atomic mass is 35.5. The summed E-state index contributed by atoms with van der Waals surface area (Å²) < 4.78 is 4.88. The van der Waals surface area contributed by atoms with Crippen molar-refractivity contribution < 1.29 is 9.53 Å². The number of alkyl halides is 1. The van der Waals surface area contributed by atoms with Gasteiger partial charge in [0.1, 0.15) is 0 Å². The van der Waals surface area contributed by atoms with Crippen LogP contribution in [0.2, 0.25) is 0 Å². The van der Waals surface area contributed by atoms with Crippen molar-refractivity contribution in [3.8, 4) is 0 Å². The van der Waals surface area contributed by atoms with E-state index in [4.69, 9.17) is 16.3 Å². The predicted octanol–water partition coefficient (Wildman–Crippen LogP) is 3.41. The molecule has 0 aliphatic rings. The number of benzene rings is 1. The fraction of sp³-hybridized carbons (Fsp3) is 0.500. The lowest BCUT2D eigenvalue weighted by molar-refractivity contribution is -0.143. The molecule has 94 valence electrons. The quantitative estimate of drug-likeness (QED) is 0.595. The summed E-state index contributed by atoms with van der Waals surface area (Å²) in [5.41, 5.74) is 3.63. The van der Waals surface area contributed by atoms with E-state index in [0.717, 1.165) is 0 Å². The van der Waals surface area contributed by atoms with Crippen LogP contribution in [0.3, 0.4) is 0 Å². The molecule has 0 aromatic heterocycles. The minimum atomic E-state index is -0.224. The second-order valence-electron chi connectivity index (χ2n) is 4.24. The zero-order valence-electron chi connectivity index (χ0n) is 10.6. The zero-order chi connectivity index (χ0) is 12.8. The normalized spacial score (nSPS) is 12.2. The first kappa shape index (κ1) is 14.0. The molecule has 1 atom stereocenters. The van der Waals surface area contributed by atoms with E-state index in [2.05, 4.69) is 32.0 Å². The van der Waals surface area contributed by atoms with E-state index in [0.29, 0.717) is 13.0 Å². The molecule has 0 saturated heterocycles. The standard InChI is InChI=1S/C14H19ClO2/c1-4-17-14(16)9-13(15)8-12-7-10(2)5-6-11(12)3/h5-7,13H,4,8-9H2,1-3H3. The van der Waals surface area contributed by atoms with Crippen molar-refractivity contribution in [2.75, 3.05) is 6.61 Å². The zero-order valence-corrected chi connectivity index (χ0v) is 11.4. The van der Waals surface area contributed by atoms with Crippen LogP contribution in [0, 0.1) is 13.8 Å². The van der Waals surface area contributed by atoms with Crippen LogP contribution in [-0.4, -0.2) is 18.0 Å². The summed E-state index contributed by atoms with van der Waals surface area (Å²) >= 11 is 6.17. The van der Waals surface area contributed by atoms with Gasteiger partial charge in [0.2, 0.25) is 0 Å². The van der Waals surface area contributed by atoms with Crippen LogP contribution in [0.1, 0.15) is 30.0 Å². The van der Waals surface area contributed by atoms with Gasteiger partial charge in [-0.15, -0.1) is 11.6 Å². The van der Waals surface area contributed by atoms with Crippen molar-refractivity contribution >= 4 is 17.6 Å². The highest BCUT2D eigenvalue weighted by Crippen LogP contribution is 2.17. The third kappa shape index (κ3) is 4.78. The fourth-order valence-corrected chi connectivity index (χ4v) is 2.02. The molecule has 1 aromatic carbocycles. The van der Waals surface area contributed by atoms with Crippen LogP contribution in [0.5, 0.6) is 0 Å². The number of rotatable bonds is 5. The molecule has 2 nitrogen and oxygen atoms in total. The van der Waals surface area contributed by atoms with E-state index < -0.39 is 0 Å². The van der Waals surface area contributed by atoms with Crippen molar-refractivity contribution in [2.24, 2.45) is 0 Å². The second kappa shape index (κ2) is 6.65. The van der Waals surface area contributed by atoms with E-state index in [1.807, 2.05) is 0 Å². The summed E-state index contributed by atoms with van der Waals surface area (Å²) in [6.45, 7) is 6.32. The first-order chi connectivity index (χ1) is 8.02. The molecule has 0 spiro atoms. The Morgan fingerprint density at radius 1 is 1.41 bits per heavy atom. The summed E-state index contributed by atoms with van der Waals surface area (Å²) in [6, 6.07) is 6.28. The van der Waals surface area contributed by atoms with E-state index in [1.54, 1.807) is 6.92 Å². The van der Waals surface area contributed by atoms with Gasteiger partial charge < -0.3 is 4.74 Å².